The lowest BCUT2D eigenvalue weighted by Gasteiger charge is -2.12. The Kier molecular flexibility index (Phi) is 4.91. The number of hydrogen-bond acceptors (Lipinski definition) is 7. The Hall–Kier alpha value is -3.10. The predicted molar refractivity (Wildman–Crippen MR) is 95.6 cm³/mol. The minimum atomic E-state index is -0.312. The molecule has 140 valence electrons. The third kappa shape index (κ3) is 3.86. The van der Waals surface area contributed by atoms with Gasteiger partial charge in [-0.25, -0.2) is 4.68 Å². The normalized spacial score (nSPS) is 16.6. The van der Waals surface area contributed by atoms with Gasteiger partial charge in [-0.15, -0.1) is 5.10 Å². The van der Waals surface area contributed by atoms with E-state index in [-0.39, 0.29) is 11.8 Å². The van der Waals surface area contributed by atoms with Crippen molar-refractivity contribution in [3.05, 3.63) is 41.5 Å². The summed E-state index contributed by atoms with van der Waals surface area (Å²) in [5.74, 6) is 1.32. The molecule has 9 heteroatoms. The van der Waals surface area contributed by atoms with Crippen LogP contribution in [0.3, 0.4) is 0 Å². The highest BCUT2D eigenvalue weighted by Gasteiger charge is 2.28. The summed E-state index contributed by atoms with van der Waals surface area (Å²) in [6.45, 7) is 3.21. The average Bonchev–Trinajstić information content (AvgIpc) is 3.28. The zero-order chi connectivity index (χ0) is 18.6. The second-order valence-corrected chi connectivity index (χ2v) is 6.73. The molecule has 1 amide bonds. The van der Waals surface area contributed by atoms with Gasteiger partial charge in [0.25, 0.3) is 0 Å². The Balaban J connectivity index is 1.34. The first-order chi connectivity index (χ1) is 13.2. The van der Waals surface area contributed by atoms with Gasteiger partial charge in [0.05, 0.1) is 5.92 Å². The quantitative estimate of drug-likeness (QED) is 0.730. The van der Waals surface area contributed by atoms with Crippen molar-refractivity contribution in [1.82, 2.24) is 35.7 Å². The van der Waals surface area contributed by atoms with Crippen LogP contribution in [-0.4, -0.2) is 42.8 Å². The van der Waals surface area contributed by atoms with Gasteiger partial charge in [-0.2, -0.15) is 4.98 Å². The van der Waals surface area contributed by atoms with E-state index in [4.69, 9.17) is 4.52 Å². The second-order valence-electron chi connectivity index (χ2n) is 6.73. The summed E-state index contributed by atoms with van der Waals surface area (Å²) < 4.78 is 7.02. The first-order valence-corrected chi connectivity index (χ1v) is 9.14. The molecular weight excluding hydrogens is 346 g/mol. The first-order valence-electron chi connectivity index (χ1n) is 9.14. The Labute approximate surface area is 156 Å². The van der Waals surface area contributed by atoms with Gasteiger partial charge in [-0.3, -0.25) is 4.79 Å². The molecule has 3 heterocycles. The molecule has 3 aromatic rings. The number of aromatic nitrogens is 6. The maximum absolute atomic E-state index is 12.6. The van der Waals surface area contributed by atoms with Gasteiger partial charge in [-0.1, -0.05) is 41.4 Å². The van der Waals surface area contributed by atoms with Crippen LogP contribution in [0.25, 0.3) is 11.4 Å². The van der Waals surface area contributed by atoms with E-state index in [2.05, 4.69) is 31.0 Å². The standard InChI is InChI=1S/C18H21N7O2/c1-12-5-7-13(8-6-12)16-20-15(27-22-16)9-10-19-18(26)14-4-2-3-11-25-17(14)21-23-24-25/h5-8,14H,2-4,9-11H2,1H3,(H,19,26)/t14-/m0/s1. The molecular formula is C18H21N7O2. The molecule has 9 nitrogen and oxygen atoms in total. The highest BCUT2D eigenvalue weighted by Crippen LogP contribution is 2.24. The van der Waals surface area contributed by atoms with Crippen molar-refractivity contribution < 1.29 is 9.32 Å². The first kappa shape index (κ1) is 17.3. The van der Waals surface area contributed by atoms with Crippen molar-refractivity contribution in [2.24, 2.45) is 0 Å². The lowest BCUT2D eigenvalue weighted by molar-refractivity contribution is -0.122. The smallest absolute Gasteiger partial charge is 0.230 e. The Bertz CT molecular complexity index is 916. The largest absolute Gasteiger partial charge is 0.355 e. The number of rotatable bonds is 5. The minimum Gasteiger partial charge on any atom is -0.355 e. The molecule has 1 aromatic carbocycles. The molecule has 1 aliphatic rings. The molecule has 0 fully saturated rings. The summed E-state index contributed by atoms with van der Waals surface area (Å²) in [5.41, 5.74) is 2.08. The number of nitrogens with zero attached hydrogens (tertiary/aromatic N) is 6. The van der Waals surface area contributed by atoms with Crippen LogP contribution in [0.4, 0.5) is 0 Å². The fraction of sp³-hybridized carbons (Fsp3) is 0.444. The summed E-state index contributed by atoms with van der Waals surface area (Å²) in [6.07, 6.45) is 3.17. The molecule has 0 aliphatic carbocycles. The van der Waals surface area contributed by atoms with E-state index < -0.39 is 0 Å². The number of carbonyl (C=O) groups is 1. The van der Waals surface area contributed by atoms with Crippen LogP contribution >= 0.6 is 0 Å². The van der Waals surface area contributed by atoms with Crippen LogP contribution in [0, 0.1) is 6.92 Å². The summed E-state index contributed by atoms with van der Waals surface area (Å²) in [4.78, 5) is 17.0. The van der Waals surface area contributed by atoms with Crippen molar-refractivity contribution in [3.8, 4) is 11.4 Å². The molecule has 0 unspecified atom stereocenters. The highest BCUT2D eigenvalue weighted by atomic mass is 16.5. The monoisotopic (exact) mass is 367 g/mol. The Morgan fingerprint density at radius 3 is 3.00 bits per heavy atom. The number of benzene rings is 1. The van der Waals surface area contributed by atoms with Crippen LogP contribution in [0.1, 0.15) is 42.5 Å². The lowest BCUT2D eigenvalue weighted by atomic mass is 10.0. The summed E-state index contributed by atoms with van der Waals surface area (Å²) in [7, 11) is 0. The fourth-order valence-corrected chi connectivity index (χ4v) is 3.20. The molecule has 1 atom stereocenters. The number of nitrogens with one attached hydrogen (secondary N) is 1. The van der Waals surface area contributed by atoms with E-state index in [1.54, 1.807) is 4.68 Å². The number of fused-ring (bicyclic) bond motifs is 1. The van der Waals surface area contributed by atoms with Crippen molar-refractivity contribution in [3.63, 3.8) is 0 Å². The van der Waals surface area contributed by atoms with Gasteiger partial charge in [-0.05, 0) is 30.2 Å². The molecule has 27 heavy (non-hydrogen) atoms. The number of tetrazole rings is 1. The van der Waals surface area contributed by atoms with E-state index >= 15 is 0 Å². The van der Waals surface area contributed by atoms with Crippen molar-refractivity contribution in [1.29, 1.82) is 0 Å². The molecule has 0 bridgehead atoms. The zero-order valence-corrected chi connectivity index (χ0v) is 15.1. The van der Waals surface area contributed by atoms with Crippen LogP contribution in [0.5, 0.6) is 0 Å². The lowest BCUT2D eigenvalue weighted by Crippen LogP contribution is -2.32. The van der Waals surface area contributed by atoms with E-state index in [9.17, 15) is 4.79 Å². The van der Waals surface area contributed by atoms with Crippen LogP contribution < -0.4 is 5.32 Å². The maximum atomic E-state index is 12.6. The molecule has 1 aliphatic heterocycles. The van der Waals surface area contributed by atoms with Crippen LogP contribution in [0.2, 0.25) is 0 Å². The SMILES string of the molecule is Cc1ccc(-c2noc(CCNC(=O)[C@H]3CCCCn4nnnc43)n2)cc1. The number of amides is 1. The van der Waals surface area contributed by atoms with Gasteiger partial charge in [0, 0.05) is 25.1 Å². The van der Waals surface area contributed by atoms with Crippen molar-refractivity contribution >= 4 is 5.91 Å². The number of aryl methyl sites for hydroxylation is 2. The molecule has 0 radical (unpaired) electrons. The fourth-order valence-electron chi connectivity index (χ4n) is 3.20. The number of carbonyl (C=O) groups excluding carboxylic acids is 1. The number of hydrogen-bond donors (Lipinski definition) is 1. The molecule has 4 rings (SSSR count). The average molecular weight is 367 g/mol. The van der Waals surface area contributed by atoms with E-state index in [1.807, 2.05) is 31.2 Å². The third-order valence-electron chi connectivity index (χ3n) is 4.72. The highest BCUT2D eigenvalue weighted by molar-refractivity contribution is 5.82. The summed E-state index contributed by atoms with van der Waals surface area (Å²) in [5, 5.41) is 18.6. The molecule has 2 aromatic heterocycles. The zero-order valence-electron chi connectivity index (χ0n) is 15.1. The summed E-state index contributed by atoms with van der Waals surface area (Å²) in [6, 6.07) is 7.93. The van der Waals surface area contributed by atoms with E-state index in [1.165, 1.54) is 5.56 Å². The van der Waals surface area contributed by atoms with Gasteiger partial charge >= 0.3 is 0 Å². The Morgan fingerprint density at radius 2 is 2.15 bits per heavy atom. The third-order valence-corrected chi connectivity index (χ3v) is 4.72. The predicted octanol–water partition coefficient (Wildman–Crippen LogP) is 1.66. The van der Waals surface area contributed by atoms with Gasteiger partial charge in [0.2, 0.25) is 17.6 Å². The van der Waals surface area contributed by atoms with E-state index in [0.717, 1.165) is 31.4 Å². The van der Waals surface area contributed by atoms with Gasteiger partial charge in [0.1, 0.15) is 0 Å². The van der Waals surface area contributed by atoms with Crippen molar-refractivity contribution in [2.45, 2.75) is 45.1 Å². The molecule has 0 saturated carbocycles. The van der Waals surface area contributed by atoms with Crippen molar-refractivity contribution in [2.75, 3.05) is 6.54 Å². The Morgan fingerprint density at radius 1 is 1.30 bits per heavy atom. The molecule has 0 saturated heterocycles. The van der Waals surface area contributed by atoms with Gasteiger partial charge in [0.15, 0.2) is 5.82 Å². The minimum absolute atomic E-state index is 0.0637. The van der Waals surface area contributed by atoms with Gasteiger partial charge < -0.3 is 9.84 Å². The van der Waals surface area contributed by atoms with Crippen LogP contribution in [-0.2, 0) is 17.8 Å². The summed E-state index contributed by atoms with van der Waals surface area (Å²) >= 11 is 0. The van der Waals surface area contributed by atoms with E-state index in [0.29, 0.717) is 30.5 Å². The van der Waals surface area contributed by atoms with Crippen LogP contribution in [0.15, 0.2) is 28.8 Å². The second kappa shape index (κ2) is 7.65. The molecule has 0 spiro atoms. The molecule has 1 N–H and O–H groups in total. The maximum Gasteiger partial charge on any atom is 0.230 e. The topological polar surface area (TPSA) is 112 Å².